The number of halogens is 1. The zero-order valence-electron chi connectivity index (χ0n) is 10.2. The molecule has 0 aromatic carbocycles. The fraction of sp³-hybridized carbons (Fsp3) is 0.556. The lowest BCUT2D eigenvalue weighted by Gasteiger charge is -2.15. The van der Waals surface area contributed by atoms with E-state index in [2.05, 4.69) is 10.3 Å². The molecule has 0 unspecified atom stereocenters. The fourth-order valence-electron chi connectivity index (χ4n) is 1.24. The normalized spacial score (nSPS) is 11.8. The molecule has 0 spiro atoms. The number of nitrogens with zero attached hydrogens (tertiary/aromatic N) is 2. The largest absolute Gasteiger partial charge is 0.359 e. The third kappa shape index (κ3) is 3.41. The maximum atomic E-state index is 12.2. The number of hydrogen-bond acceptors (Lipinski definition) is 5. The van der Waals surface area contributed by atoms with Gasteiger partial charge in [-0.3, -0.25) is 4.79 Å². The number of rotatable bonds is 5. The average molecular weight is 312 g/mol. The van der Waals surface area contributed by atoms with Crippen molar-refractivity contribution in [1.82, 2.24) is 14.6 Å². The topological polar surface area (TPSA) is 79.4 Å². The van der Waals surface area contributed by atoms with Gasteiger partial charge in [-0.2, -0.15) is 4.31 Å². The van der Waals surface area contributed by atoms with Crippen molar-refractivity contribution in [3.05, 3.63) is 10.2 Å². The van der Waals surface area contributed by atoms with Gasteiger partial charge in [-0.15, -0.1) is 0 Å². The van der Waals surface area contributed by atoms with Crippen LogP contribution in [0.15, 0.2) is 4.21 Å². The SMILES string of the molecule is CNC(=O)CCN(C)S(=O)(=O)c1sc(Cl)nc1C. The predicted octanol–water partition coefficient (Wildman–Crippen LogP) is 0.862. The fourth-order valence-corrected chi connectivity index (χ4v) is 4.33. The number of nitrogens with one attached hydrogen (secondary N) is 1. The van der Waals surface area contributed by atoms with Crippen LogP contribution in [-0.4, -0.2) is 44.3 Å². The number of sulfonamides is 1. The van der Waals surface area contributed by atoms with Crippen molar-refractivity contribution in [1.29, 1.82) is 0 Å². The molecule has 0 aliphatic heterocycles. The van der Waals surface area contributed by atoms with Crippen LogP contribution in [0.1, 0.15) is 12.1 Å². The van der Waals surface area contributed by atoms with Gasteiger partial charge in [0.1, 0.15) is 0 Å². The zero-order valence-corrected chi connectivity index (χ0v) is 12.6. The van der Waals surface area contributed by atoms with Crippen molar-refractivity contribution in [3.63, 3.8) is 0 Å². The highest BCUT2D eigenvalue weighted by Gasteiger charge is 2.26. The lowest BCUT2D eigenvalue weighted by atomic mass is 10.4. The van der Waals surface area contributed by atoms with Gasteiger partial charge in [-0.25, -0.2) is 13.4 Å². The molecule has 1 rings (SSSR count). The number of carbonyl (C=O) groups is 1. The molecule has 1 aromatic rings. The van der Waals surface area contributed by atoms with Gasteiger partial charge in [0.15, 0.2) is 8.68 Å². The van der Waals surface area contributed by atoms with Crippen molar-refractivity contribution in [2.45, 2.75) is 17.6 Å². The van der Waals surface area contributed by atoms with Crippen LogP contribution in [0.25, 0.3) is 0 Å². The van der Waals surface area contributed by atoms with E-state index in [1.807, 2.05) is 0 Å². The van der Waals surface area contributed by atoms with E-state index in [1.165, 1.54) is 14.1 Å². The molecule has 102 valence electrons. The molecule has 1 aromatic heterocycles. The monoisotopic (exact) mass is 311 g/mol. The molecule has 0 bridgehead atoms. The minimum Gasteiger partial charge on any atom is -0.359 e. The highest BCUT2D eigenvalue weighted by Crippen LogP contribution is 2.28. The van der Waals surface area contributed by atoms with Gasteiger partial charge in [0.25, 0.3) is 10.0 Å². The Hall–Kier alpha value is -0.700. The van der Waals surface area contributed by atoms with Crippen molar-refractivity contribution in [2.75, 3.05) is 20.6 Å². The van der Waals surface area contributed by atoms with Crippen LogP contribution in [0.4, 0.5) is 0 Å². The number of aromatic nitrogens is 1. The average Bonchev–Trinajstić information content (AvgIpc) is 2.65. The summed E-state index contributed by atoms with van der Waals surface area (Å²) in [6.45, 7) is 1.69. The summed E-state index contributed by atoms with van der Waals surface area (Å²) in [6, 6.07) is 0. The first kappa shape index (κ1) is 15.4. The Kier molecular flexibility index (Phi) is 5.09. The summed E-state index contributed by atoms with van der Waals surface area (Å²) in [5, 5.41) is 2.44. The molecule has 0 atom stereocenters. The summed E-state index contributed by atoms with van der Waals surface area (Å²) >= 11 is 6.60. The second-order valence-electron chi connectivity index (χ2n) is 3.59. The van der Waals surface area contributed by atoms with E-state index in [1.54, 1.807) is 6.92 Å². The van der Waals surface area contributed by atoms with Gasteiger partial charge in [-0.1, -0.05) is 22.9 Å². The Morgan fingerprint density at radius 3 is 2.61 bits per heavy atom. The van der Waals surface area contributed by atoms with Gasteiger partial charge < -0.3 is 5.32 Å². The van der Waals surface area contributed by atoms with Crippen molar-refractivity contribution in [3.8, 4) is 0 Å². The molecule has 1 N–H and O–H groups in total. The molecule has 0 fully saturated rings. The van der Waals surface area contributed by atoms with Crippen molar-refractivity contribution >= 4 is 38.9 Å². The Labute approximate surface area is 115 Å². The molecule has 0 saturated carbocycles. The first-order valence-electron chi connectivity index (χ1n) is 5.09. The van der Waals surface area contributed by atoms with Gasteiger partial charge >= 0.3 is 0 Å². The minimum absolute atomic E-state index is 0.108. The summed E-state index contributed by atoms with van der Waals surface area (Å²) in [4.78, 5) is 15.0. The predicted molar refractivity (Wildman–Crippen MR) is 70.4 cm³/mol. The van der Waals surface area contributed by atoms with Crippen LogP contribution in [0.3, 0.4) is 0 Å². The first-order valence-corrected chi connectivity index (χ1v) is 7.72. The van der Waals surface area contributed by atoms with Gasteiger partial charge in [0.2, 0.25) is 5.91 Å². The smallest absolute Gasteiger partial charge is 0.254 e. The standard InChI is InChI=1S/C9H14ClN3O3S2/c1-6-8(17-9(10)12-6)18(15,16)13(3)5-4-7(14)11-2/h4-5H2,1-3H3,(H,11,14). The molecule has 6 nitrogen and oxygen atoms in total. The number of thiazole rings is 1. The van der Waals surface area contributed by atoms with E-state index < -0.39 is 10.0 Å². The summed E-state index contributed by atoms with van der Waals surface area (Å²) < 4.78 is 25.8. The Balaban J connectivity index is 2.87. The second kappa shape index (κ2) is 5.96. The molecule has 0 aliphatic rings. The highest BCUT2D eigenvalue weighted by molar-refractivity contribution is 7.91. The van der Waals surface area contributed by atoms with E-state index in [9.17, 15) is 13.2 Å². The van der Waals surface area contributed by atoms with Gasteiger partial charge in [0, 0.05) is 27.1 Å². The molecule has 9 heteroatoms. The molecule has 0 saturated heterocycles. The maximum absolute atomic E-state index is 12.2. The van der Waals surface area contributed by atoms with E-state index in [4.69, 9.17) is 11.6 Å². The third-order valence-corrected chi connectivity index (χ3v) is 6.01. The quantitative estimate of drug-likeness (QED) is 0.875. The van der Waals surface area contributed by atoms with Crippen molar-refractivity contribution in [2.24, 2.45) is 0 Å². The number of aryl methyl sites for hydroxylation is 1. The van der Waals surface area contributed by atoms with Crippen LogP contribution in [0.2, 0.25) is 4.47 Å². The Morgan fingerprint density at radius 1 is 1.56 bits per heavy atom. The van der Waals surface area contributed by atoms with Crippen LogP contribution < -0.4 is 5.32 Å². The highest BCUT2D eigenvalue weighted by atomic mass is 35.5. The van der Waals surface area contributed by atoms with Crippen molar-refractivity contribution < 1.29 is 13.2 Å². The molecule has 18 heavy (non-hydrogen) atoms. The lowest BCUT2D eigenvalue weighted by Crippen LogP contribution is -2.31. The number of carbonyl (C=O) groups excluding carboxylic acids is 1. The molecule has 1 amide bonds. The van der Waals surface area contributed by atoms with Crippen LogP contribution in [0.5, 0.6) is 0 Å². The lowest BCUT2D eigenvalue weighted by molar-refractivity contribution is -0.120. The number of hydrogen-bond donors (Lipinski definition) is 1. The summed E-state index contributed by atoms with van der Waals surface area (Å²) in [6.07, 6.45) is 0.109. The van der Waals surface area contributed by atoms with Crippen LogP contribution >= 0.6 is 22.9 Å². The Morgan fingerprint density at radius 2 is 2.17 bits per heavy atom. The van der Waals surface area contributed by atoms with E-state index in [0.717, 1.165) is 15.6 Å². The van der Waals surface area contributed by atoms with E-state index >= 15 is 0 Å². The van der Waals surface area contributed by atoms with Gasteiger partial charge in [-0.05, 0) is 6.92 Å². The summed E-state index contributed by atoms with van der Waals surface area (Å²) in [5.74, 6) is -0.212. The van der Waals surface area contributed by atoms with Crippen LogP contribution in [0, 0.1) is 6.92 Å². The number of amides is 1. The Bertz CT molecular complexity index is 541. The molecule has 0 aliphatic carbocycles. The summed E-state index contributed by atoms with van der Waals surface area (Å²) in [5.41, 5.74) is 0.372. The molecule has 0 radical (unpaired) electrons. The third-order valence-electron chi connectivity index (χ3n) is 2.31. The summed E-state index contributed by atoms with van der Waals surface area (Å²) in [7, 11) is -0.702. The molecular formula is C9H14ClN3O3S2. The first-order chi connectivity index (χ1) is 8.28. The van der Waals surface area contributed by atoms with Gasteiger partial charge in [0.05, 0.1) is 5.69 Å². The van der Waals surface area contributed by atoms with E-state index in [0.29, 0.717) is 5.69 Å². The van der Waals surface area contributed by atoms with E-state index in [-0.39, 0.29) is 27.5 Å². The maximum Gasteiger partial charge on any atom is 0.254 e. The molecule has 1 heterocycles. The second-order valence-corrected chi connectivity index (χ2v) is 7.41. The molecular weight excluding hydrogens is 298 g/mol. The van der Waals surface area contributed by atoms with Crippen LogP contribution in [-0.2, 0) is 14.8 Å². The minimum atomic E-state index is -3.63. The zero-order chi connectivity index (χ0) is 13.9.